The number of benzene rings is 2. The minimum absolute atomic E-state index is 0.0172. The second kappa shape index (κ2) is 16.2. The third-order valence-electron chi connectivity index (χ3n) is 10.9. The molecule has 5 aliphatic rings. The molecular formula is C42H44BrFN2O12. The van der Waals surface area contributed by atoms with Crippen LogP contribution in [0.2, 0.25) is 0 Å². The zero-order chi connectivity index (χ0) is 42.5. The fourth-order valence-corrected chi connectivity index (χ4v) is 8.10. The highest BCUT2D eigenvalue weighted by atomic mass is 79.9. The van der Waals surface area contributed by atoms with Crippen LogP contribution in [0.1, 0.15) is 73.4 Å². The van der Waals surface area contributed by atoms with Crippen molar-refractivity contribution in [1.82, 2.24) is 5.32 Å². The Bertz CT molecular complexity index is 2220. The Balaban J connectivity index is 1.53. The zero-order valence-electron chi connectivity index (χ0n) is 33.0. The minimum Gasteiger partial charge on any atom is -0.507 e. The van der Waals surface area contributed by atoms with E-state index in [-0.39, 0.29) is 49.8 Å². The predicted molar refractivity (Wildman–Crippen MR) is 210 cm³/mol. The number of amides is 1. The topological polar surface area (TPSA) is 200 Å². The van der Waals surface area contributed by atoms with Crippen LogP contribution in [0.4, 0.5) is 10.1 Å². The van der Waals surface area contributed by atoms with Gasteiger partial charge >= 0.3 is 11.8 Å². The summed E-state index contributed by atoms with van der Waals surface area (Å²) in [5, 5.41) is 36.2. The molecule has 4 N–H and O–H groups in total. The first-order valence-corrected chi connectivity index (χ1v) is 19.3. The minimum atomic E-state index is -2.10. The van der Waals surface area contributed by atoms with Crippen LogP contribution < -0.4 is 10.1 Å². The Morgan fingerprint density at radius 2 is 1.74 bits per heavy atom. The van der Waals surface area contributed by atoms with E-state index in [0.717, 1.165) is 12.1 Å². The van der Waals surface area contributed by atoms with Gasteiger partial charge in [-0.1, -0.05) is 54.9 Å². The Kier molecular flexibility index (Phi) is 11.9. The number of halogens is 2. The molecule has 4 heterocycles. The number of carbonyl (C=O) groups is 4. The number of rotatable bonds is 3. The molecule has 1 aliphatic carbocycles. The van der Waals surface area contributed by atoms with Gasteiger partial charge in [0.05, 0.1) is 47.1 Å². The number of aromatic hydroxyl groups is 2. The van der Waals surface area contributed by atoms with Crippen LogP contribution in [0.25, 0.3) is 0 Å². The summed E-state index contributed by atoms with van der Waals surface area (Å²) in [6.45, 7) is 10.9. The first kappa shape index (κ1) is 42.4. The summed E-state index contributed by atoms with van der Waals surface area (Å²) in [6, 6.07) is 2.24. The molecule has 2 aromatic carbocycles. The molecule has 58 heavy (non-hydrogen) atoms. The monoisotopic (exact) mass is 866 g/mol. The molecule has 308 valence electrons. The van der Waals surface area contributed by atoms with Crippen LogP contribution in [-0.4, -0.2) is 87.9 Å². The van der Waals surface area contributed by atoms with Crippen molar-refractivity contribution in [3.8, 4) is 17.2 Å². The quantitative estimate of drug-likeness (QED) is 0.265. The number of methoxy groups -OCH3 is 1. The number of ketones is 2. The molecule has 0 radical (unpaired) electrons. The summed E-state index contributed by atoms with van der Waals surface area (Å²) in [6.07, 6.45) is 4.32. The number of Topliss-reactive ketones (excluding diaryl/α,β-unsaturated/α-hetero) is 2. The van der Waals surface area contributed by atoms with E-state index >= 15 is 4.39 Å². The third kappa shape index (κ3) is 7.61. The fraction of sp³-hybridized carbons (Fsp3) is 0.405. The normalized spacial score (nSPS) is 32.5. The van der Waals surface area contributed by atoms with Crippen LogP contribution in [0.3, 0.4) is 0 Å². The predicted octanol–water partition coefficient (Wildman–Crippen LogP) is 5.95. The van der Waals surface area contributed by atoms with Crippen molar-refractivity contribution in [2.24, 2.45) is 22.7 Å². The summed E-state index contributed by atoms with van der Waals surface area (Å²) in [7, 11) is 1.42. The number of phenols is 2. The fourth-order valence-electron chi connectivity index (χ4n) is 7.68. The van der Waals surface area contributed by atoms with Gasteiger partial charge in [0, 0.05) is 59.9 Å². The maximum atomic E-state index is 15.4. The Morgan fingerprint density at radius 3 is 2.40 bits per heavy atom. The van der Waals surface area contributed by atoms with E-state index in [1.165, 1.54) is 59.3 Å². The van der Waals surface area contributed by atoms with Gasteiger partial charge in [-0.25, -0.2) is 9.38 Å². The molecule has 9 atom stereocenters. The average Bonchev–Trinajstić information content (AvgIpc) is 3.60. The Morgan fingerprint density at radius 1 is 1.03 bits per heavy atom. The number of nitrogens with zero attached hydrogens (tertiary/aromatic N) is 1. The molecule has 1 saturated heterocycles. The van der Waals surface area contributed by atoms with Gasteiger partial charge in [0.25, 0.3) is 11.7 Å². The number of carbonyl (C=O) groups excluding carboxylic acids is 4. The molecule has 7 rings (SSSR count). The maximum absolute atomic E-state index is 15.4. The summed E-state index contributed by atoms with van der Waals surface area (Å²) < 4.78 is 45.5. The van der Waals surface area contributed by atoms with Gasteiger partial charge in [0.1, 0.15) is 35.1 Å². The molecule has 2 aromatic rings. The largest absolute Gasteiger partial charge is 0.507 e. The van der Waals surface area contributed by atoms with Crippen LogP contribution >= 0.6 is 15.9 Å². The number of hydrogen-bond donors (Lipinski definition) is 4. The molecule has 1 fully saturated rings. The molecule has 1 amide bonds. The number of nitrogens with one attached hydrogen (secondary N) is 1. The second-order valence-corrected chi connectivity index (χ2v) is 15.9. The van der Waals surface area contributed by atoms with Crippen molar-refractivity contribution in [2.45, 2.75) is 84.8 Å². The van der Waals surface area contributed by atoms with Gasteiger partial charge in [-0.2, -0.15) is 0 Å². The highest BCUT2D eigenvalue weighted by Gasteiger charge is 2.52. The summed E-state index contributed by atoms with van der Waals surface area (Å²) >= 11 is 3.12. The van der Waals surface area contributed by atoms with Gasteiger partial charge in [0.15, 0.2) is 5.82 Å². The smallest absolute Gasteiger partial charge is 0.312 e. The SMILES string of the molecule is CO[C@H]1/C=C/O[C@@]2(C)Oc3c(C)c(O)c4c(c3C2=O)C(=Nc2c(O)cc(Br)cc2F)C=C(NC(=O)/C(C)=C\C=C\[C@H](C)[C@@H]2O[C@H]([C@H](O)[C@@H]2C)[C@H](OC(C)=O)[C@@H]1C)C4=O. The van der Waals surface area contributed by atoms with E-state index in [4.69, 9.17) is 23.7 Å². The van der Waals surface area contributed by atoms with Crippen LogP contribution in [0.15, 0.2) is 69.5 Å². The number of aliphatic imine (C=N–C) groups is 1. The Labute approximate surface area is 342 Å². The molecule has 0 saturated carbocycles. The standard InChI is InChI=1S/C42H44BrFN2O12/c1-17-10-9-11-18(2)41(53)46-26-16-25(45-32-24(44)14-23(43)15-27(32)48)29-30(35(26)51)33(49)20(4)37-31(29)40(52)42(7,58-37)55-13-12-28(54-8)19(3)38(56-22(6)47)39-34(50)21(5)36(17)57-39/h9-17,19,21,28,34,36,38-39,48-50H,1-8H3,(H,46,53)/b10-9+,13-12+,18-11-,45-25?/t17-,19+,21-,28-,34+,36-,38+,39+,42-/m0/s1. The highest BCUT2D eigenvalue weighted by molar-refractivity contribution is 9.10. The number of hydrogen-bond acceptors (Lipinski definition) is 13. The van der Waals surface area contributed by atoms with Crippen LogP contribution in [0, 0.1) is 30.5 Å². The third-order valence-corrected chi connectivity index (χ3v) is 11.4. The van der Waals surface area contributed by atoms with Gasteiger partial charge < -0.3 is 44.3 Å². The average molecular weight is 868 g/mol. The lowest BCUT2D eigenvalue weighted by atomic mass is 9.83. The van der Waals surface area contributed by atoms with Crippen molar-refractivity contribution in [3.05, 3.63) is 92.6 Å². The number of allylic oxidation sites excluding steroid dienone is 4. The molecule has 0 aromatic heterocycles. The van der Waals surface area contributed by atoms with E-state index in [1.54, 1.807) is 19.1 Å². The molecule has 16 heteroatoms. The molecule has 14 nitrogen and oxygen atoms in total. The van der Waals surface area contributed by atoms with E-state index in [1.807, 2.05) is 13.8 Å². The zero-order valence-corrected chi connectivity index (χ0v) is 34.5. The lowest BCUT2D eigenvalue weighted by Gasteiger charge is -2.33. The summed E-state index contributed by atoms with van der Waals surface area (Å²) in [5.74, 6) is -8.79. The lowest BCUT2D eigenvalue weighted by Crippen LogP contribution is -2.46. The van der Waals surface area contributed by atoms with Crippen LogP contribution in [0.5, 0.6) is 17.2 Å². The number of ether oxygens (including phenoxy) is 5. The molecule has 0 spiro atoms. The van der Waals surface area contributed by atoms with E-state index in [2.05, 4.69) is 26.2 Å². The van der Waals surface area contributed by atoms with Crippen molar-refractivity contribution in [3.63, 3.8) is 0 Å². The van der Waals surface area contributed by atoms with Gasteiger partial charge in [-0.05, 0) is 38.1 Å². The number of aliphatic hydroxyl groups excluding tert-OH is 1. The van der Waals surface area contributed by atoms with E-state index in [9.17, 15) is 34.5 Å². The highest BCUT2D eigenvalue weighted by Crippen LogP contribution is 2.49. The first-order valence-electron chi connectivity index (χ1n) is 18.5. The van der Waals surface area contributed by atoms with Crippen molar-refractivity contribution < 1.29 is 62.6 Å². The number of phenolic OH excluding ortho intramolecular Hbond substituents is 2. The van der Waals surface area contributed by atoms with Crippen molar-refractivity contribution >= 4 is 50.8 Å². The maximum Gasteiger partial charge on any atom is 0.312 e. The van der Waals surface area contributed by atoms with Crippen molar-refractivity contribution in [2.75, 3.05) is 7.11 Å². The molecule has 7 bridgehead atoms. The first-order chi connectivity index (χ1) is 27.3. The van der Waals surface area contributed by atoms with Gasteiger partial charge in [0.2, 0.25) is 5.78 Å². The van der Waals surface area contributed by atoms with Crippen molar-refractivity contribution in [1.29, 1.82) is 0 Å². The summed E-state index contributed by atoms with van der Waals surface area (Å²) in [4.78, 5) is 59.0. The second-order valence-electron chi connectivity index (χ2n) is 15.0. The van der Waals surface area contributed by atoms with E-state index in [0.29, 0.717) is 0 Å². The molecular weight excluding hydrogens is 823 g/mol. The Hall–Kier alpha value is -5.16. The van der Waals surface area contributed by atoms with Gasteiger partial charge in [-0.15, -0.1) is 0 Å². The summed E-state index contributed by atoms with van der Waals surface area (Å²) in [5.41, 5.74) is -1.96. The van der Waals surface area contributed by atoms with E-state index < -0.39 is 100 Å². The molecule has 0 unspecified atom stereocenters. The number of aliphatic hydroxyl groups is 1. The molecule has 4 aliphatic heterocycles. The number of fused-ring (bicyclic) bond motifs is 9. The number of esters is 1. The van der Waals surface area contributed by atoms with Crippen LogP contribution in [-0.2, 0) is 28.5 Å². The van der Waals surface area contributed by atoms with Gasteiger partial charge in [-0.3, -0.25) is 19.2 Å². The lowest BCUT2D eigenvalue weighted by molar-refractivity contribution is -0.168.